The van der Waals surface area contributed by atoms with Gasteiger partial charge in [-0.3, -0.25) is 14.2 Å². The molecule has 1 fully saturated rings. The van der Waals surface area contributed by atoms with Crippen molar-refractivity contribution < 1.29 is 0 Å². The summed E-state index contributed by atoms with van der Waals surface area (Å²) < 4.78 is 5.10. The van der Waals surface area contributed by atoms with Crippen molar-refractivity contribution in [3.05, 3.63) is 103 Å². The molecule has 0 radical (unpaired) electrons. The lowest BCUT2D eigenvalue weighted by molar-refractivity contribution is 0.0909. The molecule has 4 heterocycles. The average molecular weight is 590 g/mol. The zero-order valence-electron chi connectivity index (χ0n) is 24.5. The molecule has 0 saturated carbocycles. The van der Waals surface area contributed by atoms with E-state index in [1.165, 1.54) is 24.8 Å². The number of nitrogens with two attached hydrogens (primary N) is 1. The molecule has 0 atom stereocenters. The first kappa shape index (κ1) is 29.1. The maximum atomic E-state index is 6.34. The molecule has 1 aliphatic heterocycles. The van der Waals surface area contributed by atoms with Crippen LogP contribution in [-0.2, 0) is 6.54 Å². The summed E-state index contributed by atoms with van der Waals surface area (Å²) in [7, 11) is 0. The maximum Gasteiger partial charge on any atom is 0.165 e. The van der Waals surface area contributed by atoms with E-state index >= 15 is 0 Å². The topological polar surface area (TPSA) is 84.9 Å². The number of aromatic nitrogens is 4. The fraction of sp³-hybridized carbons (Fsp3) is 0.286. The number of pyridine rings is 2. The predicted octanol–water partition coefficient (Wildman–Crippen LogP) is 7.10. The van der Waals surface area contributed by atoms with Gasteiger partial charge in [-0.05, 0) is 92.6 Å². The smallest absolute Gasteiger partial charge is 0.165 e. The van der Waals surface area contributed by atoms with Crippen LogP contribution in [0.2, 0.25) is 0 Å². The summed E-state index contributed by atoms with van der Waals surface area (Å²) in [6.45, 7) is 8.14. The standard InChI is InChI=1S/C35H39N7S/c1-2-17-35(18-7-22-38-43)19-23-41(24-20-35)25-26-11-13-28(14-12-26)42-33(29-10-6-21-37-32(29)36)40-31-16-15-30(39-34(31)42)27-8-4-3-5-9-27/h2-6,8-16,21,38,43H,1,7,17-20,22-25H2,(H2,36,37). The van der Waals surface area contributed by atoms with Gasteiger partial charge in [-0.15, -0.1) is 6.58 Å². The van der Waals surface area contributed by atoms with E-state index in [1.54, 1.807) is 6.20 Å². The second kappa shape index (κ2) is 13.1. The van der Waals surface area contributed by atoms with Gasteiger partial charge in [-0.25, -0.2) is 15.0 Å². The van der Waals surface area contributed by atoms with Crippen LogP contribution in [0, 0.1) is 5.41 Å². The number of nitrogen functional groups attached to an aromatic ring is 1. The first-order chi connectivity index (χ1) is 21.1. The summed E-state index contributed by atoms with van der Waals surface area (Å²) in [6.07, 6.45) is 9.67. The van der Waals surface area contributed by atoms with Gasteiger partial charge < -0.3 is 5.73 Å². The van der Waals surface area contributed by atoms with E-state index in [1.807, 2.05) is 42.5 Å². The molecule has 2 aromatic carbocycles. The molecule has 0 aliphatic carbocycles. The number of hydrogen-bond donors (Lipinski definition) is 3. The van der Waals surface area contributed by atoms with E-state index in [9.17, 15) is 0 Å². The molecule has 3 aromatic heterocycles. The van der Waals surface area contributed by atoms with Crippen molar-refractivity contribution in [3.63, 3.8) is 0 Å². The molecule has 6 rings (SSSR count). The Morgan fingerprint density at radius 3 is 2.47 bits per heavy atom. The minimum absolute atomic E-state index is 0.366. The molecule has 5 aromatic rings. The van der Waals surface area contributed by atoms with Gasteiger partial charge in [0.2, 0.25) is 0 Å². The van der Waals surface area contributed by atoms with Crippen molar-refractivity contribution >= 4 is 29.8 Å². The zero-order valence-corrected chi connectivity index (χ0v) is 25.4. The number of rotatable bonds is 11. The molecule has 220 valence electrons. The Balaban J connectivity index is 1.28. The predicted molar refractivity (Wildman–Crippen MR) is 180 cm³/mol. The number of imidazole rings is 1. The first-order valence-electron chi connectivity index (χ1n) is 15.0. The minimum atomic E-state index is 0.366. The van der Waals surface area contributed by atoms with Gasteiger partial charge >= 0.3 is 0 Å². The Hall–Kier alpha value is -3.98. The highest BCUT2D eigenvalue weighted by Crippen LogP contribution is 2.40. The Kier molecular flexibility index (Phi) is 8.88. The molecular formula is C35H39N7S. The maximum absolute atomic E-state index is 6.34. The van der Waals surface area contributed by atoms with Crippen LogP contribution in [0.15, 0.2) is 97.7 Å². The Bertz CT molecular complexity index is 1670. The lowest BCUT2D eigenvalue weighted by Crippen LogP contribution is -2.39. The lowest BCUT2D eigenvalue weighted by atomic mass is 9.72. The Morgan fingerprint density at radius 1 is 0.953 bits per heavy atom. The zero-order chi connectivity index (χ0) is 29.6. The first-order valence-corrected chi connectivity index (χ1v) is 15.5. The van der Waals surface area contributed by atoms with Crippen LogP contribution >= 0.6 is 12.8 Å². The molecule has 0 bridgehead atoms. The number of piperidine rings is 1. The largest absolute Gasteiger partial charge is 0.383 e. The fourth-order valence-electron chi connectivity index (χ4n) is 6.36. The average Bonchev–Trinajstić information content (AvgIpc) is 3.42. The van der Waals surface area contributed by atoms with Gasteiger partial charge in [-0.2, -0.15) is 0 Å². The number of fused-ring (bicyclic) bond motifs is 1. The van der Waals surface area contributed by atoms with Crippen LogP contribution in [0.1, 0.15) is 37.7 Å². The summed E-state index contributed by atoms with van der Waals surface area (Å²) in [4.78, 5) is 17.0. The van der Waals surface area contributed by atoms with Gasteiger partial charge in [0.05, 0.1) is 11.3 Å². The van der Waals surface area contributed by atoms with Crippen LogP contribution in [0.3, 0.4) is 0 Å². The van der Waals surface area contributed by atoms with Crippen LogP contribution in [-0.4, -0.2) is 44.1 Å². The van der Waals surface area contributed by atoms with E-state index in [0.29, 0.717) is 11.2 Å². The summed E-state index contributed by atoms with van der Waals surface area (Å²) in [5.74, 6) is 1.17. The van der Waals surface area contributed by atoms with E-state index < -0.39 is 0 Å². The molecule has 0 spiro atoms. The third kappa shape index (κ3) is 6.37. The van der Waals surface area contributed by atoms with Gasteiger partial charge in [0.25, 0.3) is 0 Å². The number of hydrogen-bond acceptors (Lipinski definition) is 7. The number of anilines is 1. The van der Waals surface area contributed by atoms with Crippen LogP contribution < -0.4 is 10.5 Å². The highest BCUT2D eigenvalue weighted by atomic mass is 32.1. The van der Waals surface area contributed by atoms with Gasteiger partial charge in [0.1, 0.15) is 11.3 Å². The van der Waals surface area contributed by atoms with E-state index in [-0.39, 0.29) is 0 Å². The molecule has 1 saturated heterocycles. The quantitative estimate of drug-likeness (QED) is 0.0866. The highest BCUT2D eigenvalue weighted by Gasteiger charge is 2.33. The van der Waals surface area contributed by atoms with Crippen LogP contribution in [0.25, 0.3) is 39.5 Å². The number of allylic oxidation sites excluding steroid dienone is 1. The fourth-order valence-corrected chi connectivity index (χ4v) is 6.52. The highest BCUT2D eigenvalue weighted by molar-refractivity contribution is 7.78. The normalized spacial score (nSPS) is 15.1. The molecule has 1 aliphatic rings. The number of nitrogens with zero attached hydrogens (tertiary/aromatic N) is 5. The molecule has 7 nitrogen and oxygen atoms in total. The Labute approximate surface area is 259 Å². The number of thiol groups is 1. The van der Waals surface area contributed by atoms with E-state index in [4.69, 9.17) is 15.7 Å². The number of nitrogens with one attached hydrogen (secondary N) is 1. The molecule has 43 heavy (non-hydrogen) atoms. The van der Waals surface area contributed by atoms with Crippen molar-refractivity contribution in [1.29, 1.82) is 0 Å². The van der Waals surface area contributed by atoms with Crippen molar-refractivity contribution in [2.24, 2.45) is 5.41 Å². The summed E-state index contributed by atoms with van der Waals surface area (Å²) in [5, 5.41) is 0. The number of benzene rings is 2. The minimum Gasteiger partial charge on any atom is -0.383 e. The van der Waals surface area contributed by atoms with Crippen molar-refractivity contribution in [2.45, 2.75) is 38.6 Å². The summed E-state index contributed by atoms with van der Waals surface area (Å²) >= 11 is 4.16. The SMILES string of the molecule is C=CCC1(CCCNS)CCN(Cc2ccc(-n3c(-c4cccnc4N)nc4ccc(-c5ccccc5)nc43)cc2)CC1. The third-order valence-corrected chi connectivity index (χ3v) is 8.97. The van der Waals surface area contributed by atoms with Gasteiger partial charge in [0, 0.05) is 30.5 Å². The number of likely N-dealkylation sites (tertiary alicyclic amines) is 1. The summed E-state index contributed by atoms with van der Waals surface area (Å²) in [6, 6.07) is 26.9. The molecule has 3 N–H and O–H groups in total. The van der Waals surface area contributed by atoms with Crippen LogP contribution in [0.4, 0.5) is 5.82 Å². The molecule has 0 unspecified atom stereocenters. The van der Waals surface area contributed by atoms with E-state index in [2.05, 4.69) is 81.0 Å². The van der Waals surface area contributed by atoms with E-state index in [0.717, 1.165) is 78.5 Å². The van der Waals surface area contributed by atoms with Gasteiger partial charge in [-0.1, -0.05) is 61.4 Å². The van der Waals surface area contributed by atoms with Crippen molar-refractivity contribution in [2.75, 3.05) is 25.4 Å². The second-order valence-corrected chi connectivity index (χ2v) is 11.9. The third-order valence-electron chi connectivity index (χ3n) is 8.74. The lowest BCUT2D eigenvalue weighted by Gasteiger charge is -2.42. The molecule has 8 heteroatoms. The second-order valence-electron chi connectivity index (χ2n) is 11.6. The molecular weight excluding hydrogens is 551 g/mol. The van der Waals surface area contributed by atoms with Crippen molar-refractivity contribution in [3.8, 4) is 28.3 Å². The van der Waals surface area contributed by atoms with Crippen molar-refractivity contribution in [1.82, 2.24) is 29.1 Å². The Morgan fingerprint density at radius 2 is 1.74 bits per heavy atom. The summed E-state index contributed by atoms with van der Waals surface area (Å²) in [5.41, 5.74) is 13.3. The van der Waals surface area contributed by atoms with Crippen LogP contribution in [0.5, 0.6) is 0 Å². The molecule has 0 amide bonds. The van der Waals surface area contributed by atoms with Gasteiger partial charge in [0.15, 0.2) is 11.5 Å². The monoisotopic (exact) mass is 589 g/mol.